The van der Waals surface area contributed by atoms with Crippen LogP contribution in [0.5, 0.6) is 0 Å². The number of nitrogens with one attached hydrogen (secondary N) is 1. The number of hydrogen-bond donors (Lipinski definition) is 1. The number of halogens is 1. The van der Waals surface area contributed by atoms with Gasteiger partial charge in [-0.05, 0) is 83.6 Å². The molecule has 0 spiro atoms. The number of piperazine rings is 1. The van der Waals surface area contributed by atoms with E-state index >= 15 is 0 Å². The maximum atomic E-state index is 13.2. The molecule has 0 bridgehead atoms. The summed E-state index contributed by atoms with van der Waals surface area (Å²) in [5.41, 5.74) is 2.29. The first-order valence-electron chi connectivity index (χ1n) is 14.5. The van der Waals surface area contributed by atoms with Crippen LogP contribution < -0.4 is 5.32 Å². The molecule has 8 nitrogen and oxygen atoms in total. The lowest BCUT2D eigenvalue weighted by molar-refractivity contribution is -0.140. The van der Waals surface area contributed by atoms with Crippen molar-refractivity contribution in [2.24, 2.45) is 11.8 Å². The second-order valence-electron chi connectivity index (χ2n) is 12.6. The number of rotatable bonds is 5. The number of anilines is 1. The minimum absolute atomic E-state index is 0.0391. The van der Waals surface area contributed by atoms with Gasteiger partial charge in [0.05, 0.1) is 0 Å². The summed E-state index contributed by atoms with van der Waals surface area (Å²) in [6.45, 7) is 13.8. The molecule has 1 atom stereocenters. The molecule has 1 aliphatic carbocycles. The van der Waals surface area contributed by atoms with Crippen molar-refractivity contribution in [3.63, 3.8) is 0 Å². The molecule has 216 valence electrons. The number of nitrogens with zero attached hydrogens (tertiary/aromatic N) is 3. The highest BCUT2D eigenvalue weighted by molar-refractivity contribution is 6.31. The van der Waals surface area contributed by atoms with E-state index in [-0.39, 0.29) is 29.9 Å². The predicted molar refractivity (Wildman–Crippen MR) is 154 cm³/mol. The maximum absolute atomic E-state index is 13.2. The SMILES string of the molecule is Cc1c(CN2CCN(C(=O)C3CCCC3)C(C)C2)cc(Cl)cc1NC(=O)C1CCN(C(=O)OC(C)(C)C)CC1. The first kappa shape index (κ1) is 29.7. The summed E-state index contributed by atoms with van der Waals surface area (Å²) in [6, 6.07) is 3.97. The molecule has 2 aliphatic heterocycles. The van der Waals surface area contributed by atoms with Crippen LogP contribution in [0, 0.1) is 18.8 Å². The van der Waals surface area contributed by atoms with E-state index < -0.39 is 5.60 Å². The Morgan fingerprint density at radius 3 is 2.28 bits per heavy atom. The van der Waals surface area contributed by atoms with Crippen LogP contribution >= 0.6 is 11.6 Å². The molecule has 2 saturated heterocycles. The van der Waals surface area contributed by atoms with Gasteiger partial charge in [-0.2, -0.15) is 0 Å². The van der Waals surface area contributed by atoms with Gasteiger partial charge in [0.1, 0.15) is 5.60 Å². The highest BCUT2D eigenvalue weighted by atomic mass is 35.5. The Labute approximate surface area is 238 Å². The zero-order chi connectivity index (χ0) is 28.3. The lowest BCUT2D eigenvalue weighted by Gasteiger charge is -2.41. The van der Waals surface area contributed by atoms with E-state index in [1.165, 1.54) is 12.8 Å². The molecule has 0 aromatic heterocycles. The van der Waals surface area contributed by atoms with Crippen LogP contribution in [0.2, 0.25) is 5.02 Å². The number of likely N-dealkylation sites (tertiary alicyclic amines) is 1. The fourth-order valence-corrected chi connectivity index (χ4v) is 6.31. The van der Waals surface area contributed by atoms with Gasteiger partial charge in [0.25, 0.3) is 0 Å². The van der Waals surface area contributed by atoms with Crippen LogP contribution in [0.1, 0.15) is 77.3 Å². The highest BCUT2D eigenvalue weighted by Gasteiger charge is 2.34. The molecule has 3 fully saturated rings. The van der Waals surface area contributed by atoms with E-state index in [0.29, 0.717) is 36.9 Å². The van der Waals surface area contributed by atoms with Gasteiger partial charge in [-0.15, -0.1) is 0 Å². The quantitative estimate of drug-likeness (QED) is 0.517. The molecule has 3 amide bonds. The average Bonchev–Trinajstić information content (AvgIpc) is 3.41. The Hall–Kier alpha value is -2.32. The monoisotopic (exact) mass is 560 g/mol. The number of piperidine rings is 1. The second-order valence-corrected chi connectivity index (χ2v) is 13.0. The summed E-state index contributed by atoms with van der Waals surface area (Å²) >= 11 is 6.50. The summed E-state index contributed by atoms with van der Waals surface area (Å²) < 4.78 is 5.47. The van der Waals surface area contributed by atoms with Gasteiger partial charge in [0, 0.05) is 67.9 Å². The van der Waals surface area contributed by atoms with E-state index in [1.807, 2.05) is 39.8 Å². The van der Waals surface area contributed by atoms with Crippen molar-refractivity contribution in [3.05, 3.63) is 28.3 Å². The Kier molecular flexibility index (Phi) is 9.48. The summed E-state index contributed by atoms with van der Waals surface area (Å²) in [7, 11) is 0. The number of benzene rings is 1. The Balaban J connectivity index is 1.32. The molecule has 1 unspecified atom stereocenters. The molecule has 1 aromatic carbocycles. The van der Waals surface area contributed by atoms with E-state index in [4.69, 9.17) is 16.3 Å². The summed E-state index contributed by atoms with van der Waals surface area (Å²) in [6.07, 6.45) is 5.27. The van der Waals surface area contributed by atoms with Gasteiger partial charge < -0.3 is 19.9 Å². The molecule has 2 heterocycles. The summed E-state index contributed by atoms with van der Waals surface area (Å²) in [4.78, 5) is 44.6. The van der Waals surface area contributed by atoms with Crippen LogP contribution in [-0.4, -0.2) is 77.0 Å². The zero-order valence-electron chi connectivity index (χ0n) is 24.2. The van der Waals surface area contributed by atoms with Crippen molar-refractivity contribution in [2.75, 3.05) is 38.0 Å². The molecule has 1 saturated carbocycles. The van der Waals surface area contributed by atoms with E-state index in [0.717, 1.165) is 55.8 Å². The predicted octanol–water partition coefficient (Wildman–Crippen LogP) is 5.46. The number of ether oxygens (including phenoxy) is 1. The maximum Gasteiger partial charge on any atom is 0.410 e. The third kappa shape index (κ3) is 7.66. The Morgan fingerprint density at radius 1 is 1.00 bits per heavy atom. The molecule has 9 heteroatoms. The van der Waals surface area contributed by atoms with Gasteiger partial charge in [-0.3, -0.25) is 14.5 Å². The third-order valence-corrected chi connectivity index (χ3v) is 8.57. The fraction of sp³-hybridized carbons (Fsp3) is 0.700. The normalized spacial score (nSPS) is 21.7. The molecule has 39 heavy (non-hydrogen) atoms. The standard InChI is InChI=1S/C30H45ClN4O4/c1-20-18-33(14-15-35(20)28(37)23-8-6-7-9-23)19-24-16-25(31)17-26(21(24)2)32-27(36)22-10-12-34(13-11-22)29(38)39-30(3,4)5/h16-17,20,22-23H,6-15,18-19H2,1-5H3,(H,32,36). The first-order chi connectivity index (χ1) is 18.4. The fourth-order valence-electron chi connectivity index (χ4n) is 6.07. The smallest absolute Gasteiger partial charge is 0.410 e. The molecular weight excluding hydrogens is 516 g/mol. The number of carbonyl (C=O) groups is 3. The number of carbonyl (C=O) groups excluding carboxylic acids is 3. The van der Waals surface area contributed by atoms with Crippen molar-refractivity contribution in [3.8, 4) is 0 Å². The topological polar surface area (TPSA) is 82.2 Å². The molecule has 3 aliphatic rings. The van der Waals surface area contributed by atoms with Gasteiger partial charge in [0.2, 0.25) is 11.8 Å². The number of hydrogen-bond acceptors (Lipinski definition) is 5. The minimum Gasteiger partial charge on any atom is -0.444 e. The highest BCUT2D eigenvalue weighted by Crippen LogP contribution is 2.30. The minimum atomic E-state index is -0.536. The lowest BCUT2D eigenvalue weighted by atomic mass is 9.95. The van der Waals surface area contributed by atoms with Crippen LogP contribution in [-0.2, 0) is 20.9 Å². The first-order valence-corrected chi connectivity index (χ1v) is 14.9. The van der Waals surface area contributed by atoms with Crippen molar-refractivity contribution in [1.82, 2.24) is 14.7 Å². The Morgan fingerprint density at radius 2 is 1.67 bits per heavy atom. The van der Waals surface area contributed by atoms with Gasteiger partial charge in [0.15, 0.2) is 0 Å². The molecule has 4 rings (SSSR count). The molecular formula is C30H45ClN4O4. The van der Waals surface area contributed by atoms with Crippen molar-refractivity contribution < 1.29 is 19.1 Å². The number of amides is 3. The molecule has 0 radical (unpaired) electrons. The van der Waals surface area contributed by atoms with Crippen LogP contribution in [0.25, 0.3) is 0 Å². The van der Waals surface area contributed by atoms with Crippen LogP contribution in [0.15, 0.2) is 12.1 Å². The van der Waals surface area contributed by atoms with Gasteiger partial charge in [-0.25, -0.2) is 4.79 Å². The second kappa shape index (κ2) is 12.5. The molecule has 1 aromatic rings. The summed E-state index contributed by atoms with van der Waals surface area (Å²) in [5, 5.41) is 3.70. The zero-order valence-corrected chi connectivity index (χ0v) is 25.0. The van der Waals surface area contributed by atoms with Gasteiger partial charge >= 0.3 is 6.09 Å². The average molecular weight is 561 g/mol. The molecule has 1 N–H and O–H groups in total. The van der Waals surface area contributed by atoms with Crippen molar-refractivity contribution >= 4 is 35.2 Å². The Bertz CT molecular complexity index is 1060. The van der Waals surface area contributed by atoms with E-state index in [9.17, 15) is 14.4 Å². The van der Waals surface area contributed by atoms with E-state index in [1.54, 1.807) is 4.90 Å². The van der Waals surface area contributed by atoms with Gasteiger partial charge in [-0.1, -0.05) is 24.4 Å². The van der Waals surface area contributed by atoms with Crippen molar-refractivity contribution in [2.45, 2.75) is 91.3 Å². The van der Waals surface area contributed by atoms with E-state index in [2.05, 4.69) is 22.0 Å². The lowest BCUT2D eigenvalue weighted by Crippen LogP contribution is -2.54. The largest absolute Gasteiger partial charge is 0.444 e. The summed E-state index contributed by atoms with van der Waals surface area (Å²) in [5.74, 6) is 0.338. The third-order valence-electron chi connectivity index (χ3n) is 8.35. The van der Waals surface area contributed by atoms with Crippen LogP contribution in [0.3, 0.4) is 0 Å². The van der Waals surface area contributed by atoms with Crippen molar-refractivity contribution in [1.29, 1.82) is 0 Å². The van der Waals surface area contributed by atoms with Crippen LogP contribution in [0.4, 0.5) is 10.5 Å².